The van der Waals surface area contributed by atoms with Crippen molar-refractivity contribution < 1.29 is 13.9 Å². The molecule has 2 aromatic carbocycles. The quantitative estimate of drug-likeness (QED) is 0.657. The predicted molar refractivity (Wildman–Crippen MR) is 108 cm³/mol. The van der Waals surface area contributed by atoms with Crippen LogP contribution in [0.4, 0.5) is 5.69 Å². The number of carbonyl (C=O) groups excluding carboxylic acids is 1. The first kappa shape index (κ1) is 18.8. The summed E-state index contributed by atoms with van der Waals surface area (Å²) in [6.07, 6.45) is 0. The third kappa shape index (κ3) is 4.01. The summed E-state index contributed by atoms with van der Waals surface area (Å²) in [6, 6.07) is 17.0. The normalized spacial score (nSPS) is 14.1. The first-order valence-corrected chi connectivity index (χ1v) is 9.45. The molecular weight excluding hydrogens is 372 g/mol. The van der Waals surface area contributed by atoms with Crippen molar-refractivity contribution in [1.29, 1.82) is 0 Å². The number of amides is 1. The summed E-state index contributed by atoms with van der Waals surface area (Å²) in [7, 11) is 1.65. The van der Waals surface area contributed by atoms with E-state index in [1.165, 1.54) is 0 Å². The van der Waals surface area contributed by atoms with Gasteiger partial charge >= 0.3 is 5.76 Å². The molecule has 0 unspecified atom stereocenters. The molecule has 29 heavy (non-hydrogen) atoms. The van der Waals surface area contributed by atoms with Gasteiger partial charge in [0.2, 0.25) is 11.8 Å². The number of anilines is 1. The summed E-state index contributed by atoms with van der Waals surface area (Å²) < 4.78 is 11.7. The molecule has 8 nitrogen and oxygen atoms in total. The van der Waals surface area contributed by atoms with Crippen molar-refractivity contribution in [3.05, 3.63) is 65.1 Å². The van der Waals surface area contributed by atoms with E-state index >= 15 is 0 Å². The molecule has 0 aliphatic carbocycles. The molecule has 1 fully saturated rings. The monoisotopic (exact) mass is 394 g/mol. The summed E-state index contributed by atoms with van der Waals surface area (Å²) in [5.41, 5.74) is 1.71. The van der Waals surface area contributed by atoms with Gasteiger partial charge in [-0.1, -0.05) is 30.3 Å². The first-order chi connectivity index (χ1) is 14.2. The highest BCUT2D eigenvalue weighted by molar-refractivity contribution is 5.76. The molecule has 4 rings (SSSR count). The molecule has 0 radical (unpaired) electrons. The summed E-state index contributed by atoms with van der Waals surface area (Å²) in [5.74, 6) is 0.240. The number of hydrogen-bond acceptors (Lipinski definition) is 6. The Bertz CT molecular complexity index is 1040. The van der Waals surface area contributed by atoms with Crippen LogP contribution < -0.4 is 15.4 Å². The minimum absolute atomic E-state index is 0.135. The number of ether oxygens (including phenoxy) is 1. The Morgan fingerprint density at radius 3 is 2.45 bits per heavy atom. The average Bonchev–Trinajstić information content (AvgIpc) is 3.14. The predicted octanol–water partition coefficient (Wildman–Crippen LogP) is 1.86. The lowest BCUT2D eigenvalue weighted by Gasteiger charge is -2.36. The molecule has 150 valence electrons. The standard InChI is InChI=1S/C21H22N4O4/c1-28-18-10-6-5-9-17(18)23-11-13-24(14-12-23)19(26)15-25-21(27)29-20(22-25)16-7-3-2-4-8-16/h2-10H,11-15H2,1H3. The highest BCUT2D eigenvalue weighted by Crippen LogP contribution is 2.28. The van der Waals surface area contributed by atoms with Crippen molar-refractivity contribution >= 4 is 11.6 Å². The Hall–Kier alpha value is -3.55. The smallest absolute Gasteiger partial charge is 0.437 e. The van der Waals surface area contributed by atoms with E-state index in [0.29, 0.717) is 31.7 Å². The van der Waals surface area contributed by atoms with Crippen molar-refractivity contribution in [2.24, 2.45) is 0 Å². The molecule has 0 N–H and O–H groups in total. The third-order valence-electron chi connectivity index (χ3n) is 4.97. The number of para-hydroxylation sites is 2. The molecule has 1 aliphatic heterocycles. The Balaban J connectivity index is 1.39. The van der Waals surface area contributed by atoms with E-state index in [4.69, 9.17) is 9.15 Å². The molecule has 3 aromatic rings. The molecular formula is C21H22N4O4. The minimum atomic E-state index is -0.634. The Labute approximate surface area is 167 Å². The van der Waals surface area contributed by atoms with Gasteiger partial charge < -0.3 is 19.0 Å². The molecule has 0 saturated carbocycles. The zero-order valence-corrected chi connectivity index (χ0v) is 16.2. The molecule has 2 heterocycles. The SMILES string of the molecule is COc1ccccc1N1CCN(C(=O)Cn2nc(-c3ccccc3)oc2=O)CC1. The number of rotatable bonds is 5. The molecule has 1 saturated heterocycles. The van der Waals surface area contributed by atoms with Gasteiger partial charge in [0.1, 0.15) is 12.3 Å². The molecule has 0 spiro atoms. The minimum Gasteiger partial charge on any atom is -0.495 e. The highest BCUT2D eigenvalue weighted by Gasteiger charge is 2.24. The van der Waals surface area contributed by atoms with E-state index in [1.54, 1.807) is 24.1 Å². The van der Waals surface area contributed by atoms with Crippen LogP contribution in [0.5, 0.6) is 5.75 Å². The maximum absolute atomic E-state index is 12.7. The number of benzene rings is 2. The Morgan fingerprint density at radius 2 is 1.72 bits per heavy atom. The summed E-state index contributed by atoms with van der Waals surface area (Å²) in [5, 5.41) is 4.16. The van der Waals surface area contributed by atoms with Gasteiger partial charge in [0.15, 0.2) is 0 Å². The van der Waals surface area contributed by atoms with Crippen LogP contribution in [0.2, 0.25) is 0 Å². The van der Waals surface area contributed by atoms with E-state index in [2.05, 4.69) is 10.00 Å². The number of carbonyl (C=O) groups is 1. The van der Waals surface area contributed by atoms with Crippen LogP contribution in [0.15, 0.2) is 63.8 Å². The number of piperazine rings is 1. The summed E-state index contributed by atoms with van der Waals surface area (Å²) in [4.78, 5) is 28.7. The van der Waals surface area contributed by atoms with E-state index < -0.39 is 5.76 Å². The fourth-order valence-corrected chi connectivity index (χ4v) is 3.42. The van der Waals surface area contributed by atoms with Crippen LogP contribution >= 0.6 is 0 Å². The molecule has 0 atom stereocenters. The second kappa shape index (κ2) is 8.22. The van der Waals surface area contributed by atoms with Crippen LogP contribution in [0.3, 0.4) is 0 Å². The third-order valence-corrected chi connectivity index (χ3v) is 4.97. The van der Waals surface area contributed by atoms with Gasteiger partial charge in [-0.3, -0.25) is 4.79 Å². The van der Waals surface area contributed by atoms with Crippen molar-refractivity contribution in [2.75, 3.05) is 38.2 Å². The summed E-state index contributed by atoms with van der Waals surface area (Å²) >= 11 is 0. The topological polar surface area (TPSA) is 80.8 Å². The van der Waals surface area contributed by atoms with Crippen molar-refractivity contribution in [3.8, 4) is 17.2 Å². The van der Waals surface area contributed by atoms with Gasteiger partial charge in [0.05, 0.1) is 12.8 Å². The van der Waals surface area contributed by atoms with E-state index in [0.717, 1.165) is 16.1 Å². The first-order valence-electron chi connectivity index (χ1n) is 9.45. The van der Waals surface area contributed by atoms with Crippen molar-refractivity contribution in [3.63, 3.8) is 0 Å². The molecule has 1 aliphatic rings. The number of methoxy groups -OCH3 is 1. The van der Waals surface area contributed by atoms with Gasteiger partial charge in [0.25, 0.3) is 0 Å². The molecule has 1 aromatic heterocycles. The Kier molecular flexibility index (Phi) is 5.33. The largest absolute Gasteiger partial charge is 0.495 e. The fraction of sp³-hybridized carbons (Fsp3) is 0.286. The van der Waals surface area contributed by atoms with Crippen LogP contribution in [0.25, 0.3) is 11.5 Å². The van der Waals surface area contributed by atoms with Crippen LogP contribution in [-0.4, -0.2) is 53.9 Å². The van der Waals surface area contributed by atoms with Crippen LogP contribution in [0.1, 0.15) is 0 Å². The van der Waals surface area contributed by atoms with Crippen LogP contribution in [-0.2, 0) is 11.3 Å². The van der Waals surface area contributed by atoms with Gasteiger partial charge in [-0.15, -0.1) is 5.10 Å². The highest BCUT2D eigenvalue weighted by atomic mass is 16.5. The van der Waals surface area contributed by atoms with Gasteiger partial charge in [-0.2, -0.15) is 4.68 Å². The van der Waals surface area contributed by atoms with E-state index in [1.807, 2.05) is 42.5 Å². The second-order valence-electron chi connectivity index (χ2n) is 6.74. The van der Waals surface area contributed by atoms with Gasteiger partial charge in [-0.25, -0.2) is 4.79 Å². The molecule has 1 amide bonds. The maximum Gasteiger partial charge on any atom is 0.437 e. The number of hydrogen-bond donors (Lipinski definition) is 0. The fourth-order valence-electron chi connectivity index (χ4n) is 3.42. The summed E-state index contributed by atoms with van der Waals surface area (Å²) in [6.45, 7) is 2.37. The molecule has 0 bridgehead atoms. The Morgan fingerprint density at radius 1 is 1.03 bits per heavy atom. The van der Waals surface area contributed by atoms with Crippen molar-refractivity contribution in [1.82, 2.24) is 14.7 Å². The lowest BCUT2D eigenvalue weighted by molar-refractivity contribution is -0.132. The number of aromatic nitrogens is 2. The number of nitrogens with zero attached hydrogens (tertiary/aromatic N) is 4. The van der Waals surface area contributed by atoms with Crippen molar-refractivity contribution in [2.45, 2.75) is 6.54 Å². The van der Waals surface area contributed by atoms with Gasteiger partial charge in [-0.05, 0) is 24.3 Å². The molecule has 8 heteroatoms. The average molecular weight is 394 g/mol. The maximum atomic E-state index is 12.7. The lowest BCUT2D eigenvalue weighted by atomic mass is 10.2. The van der Waals surface area contributed by atoms with E-state index in [-0.39, 0.29) is 18.3 Å². The van der Waals surface area contributed by atoms with Gasteiger partial charge in [0, 0.05) is 31.7 Å². The second-order valence-corrected chi connectivity index (χ2v) is 6.74. The van der Waals surface area contributed by atoms with E-state index in [9.17, 15) is 9.59 Å². The lowest BCUT2D eigenvalue weighted by Crippen LogP contribution is -2.50. The van der Waals surface area contributed by atoms with Crippen LogP contribution in [0, 0.1) is 0 Å². The zero-order valence-electron chi connectivity index (χ0n) is 16.2. The zero-order chi connectivity index (χ0) is 20.2.